The Kier molecular flexibility index (Phi) is 3.58. The van der Waals surface area contributed by atoms with Crippen LogP contribution in [0.5, 0.6) is 0 Å². The lowest BCUT2D eigenvalue weighted by Crippen LogP contribution is -2.21. The van der Waals surface area contributed by atoms with Crippen molar-refractivity contribution in [3.63, 3.8) is 0 Å². The predicted octanol–water partition coefficient (Wildman–Crippen LogP) is 4.07. The van der Waals surface area contributed by atoms with Crippen molar-refractivity contribution >= 4 is 22.8 Å². The summed E-state index contributed by atoms with van der Waals surface area (Å²) < 4.78 is 36.8. The van der Waals surface area contributed by atoms with E-state index >= 15 is 0 Å². The minimum Gasteiger partial charge on any atom is -0.283 e. The van der Waals surface area contributed by atoms with Gasteiger partial charge < -0.3 is 0 Å². The van der Waals surface area contributed by atoms with Crippen LogP contribution in [0.2, 0.25) is 0 Å². The van der Waals surface area contributed by atoms with Crippen LogP contribution >= 0.6 is 11.3 Å². The number of Topliss-reactive ketones (excluding diaryl/α,β-unsaturated/α-hetero) is 1. The summed E-state index contributed by atoms with van der Waals surface area (Å²) in [6.45, 7) is 0. The van der Waals surface area contributed by atoms with Crippen LogP contribution in [0.4, 0.5) is 18.9 Å². The van der Waals surface area contributed by atoms with Crippen LogP contribution in [0.25, 0.3) is 10.4 Å². The third-order valence-corrected chi connectivity index (χ3v) is 3.58. The van der Waals surface area contributed by atoms with Gasteiger partial charge in [-0.25, -0.2) is 0 Å². The van der Waals surface area contributed by atoms with Gasteiger partial charge in [0.1, 0.15) is 0 Å². The Morgan fingerprint density at radius 1 is 1.10 bits per heavy atom. The molecule has 0 N–H and O–H groups in total. The van der Waals surface area contributed by atoms with Crippen molar-refractivity contribution in [3.8, 4) is 10.4 Å². The van der Waals surface area contributed by atoms with Crippen LogP contribution in [0.15, 0.2) is 36.4 Å². The highest BCUT2D eigenvalue weighted by molar-refractivity contribution is 7.17. The second-order valence-electron chi connectivity index (χ2n) is 3.79. The highest BCUT2D eigenvalue weighted by Gasteiger charge is 2.40. The van der Waals surface area contributed by atoms with Crippen LogP contribution < -0.4 is 0 Å². The maximum absolute atomic E-state index is 12.3. The average Bonchev–Trinajstić information content (AvgIpc) is 2.86. The van der Waals surface area contributed by atoms with E-state index in [4.69, 9.17) is 0 Å². The number of alkyl halides is 3. The Bertz CT molecular complexity index is 661. The van der Waals surface area contributed by atoms with Gasteiger partial charge in [-0.05, 0) is 29.8 Å². The van der Waals surface area contributed by atoms with E-state index in [1.54, 1.807) is 0 Å². The first kappa shape index (κ1) is 14.2. The minimum absolute atomic E-state index is 0.114. The fraction of sp³-hybridized carbons (Fsp3) is 0.0833. The van der Waals surface area contributed by atoms with Crippen molar-refractivity contribution in [2.45, 2.75) is 6.18 Å². The molecule has 1 heterocycles. The normalized spacial score (nSPS) is 11.3. The molecule has 0 amide bonds. The Morgan fingerprint density at radius 3 is 2.20 bits per heavy atom. The molecule has 0 unspecified atom stereocenters. The number of nitro benzene ring substituents is 1. The summed E-state index contributed by atoms with van der Waals surface area (Å²) in [6, 6.07) is 7.82. The van der Waals surface area contributed by atoms with E-state index in [1.165, 1.54) is 30.3 Å². The van der Waals surface area contributed by atoms with Gasteiger partial charge in [0, 0.05) is 17.0 Å². The van der Waals surface area contributed by atoms with Crippen LogP contribution in [-0.4, -0.2) is 16.9 Å². The molecule has 4 nitrogen and oxygen atoms in total. The molecule has 0 saturated carbocycles. The summed E-state index contributed by atoms with van der Waals surface area (Å²) in [5.41, 5.74) is 0.402. The molecule has 0 radical (unpaired) electrons. The van der Waals surface area contributed by atoms with E-state index in [2.05, 4.69) is 0 Å². The predicted molar refractivity (Wildman–Crippen MR) is 66.8 cm³/mol. The van der Waals surface area contributed by atoms with Gasteiger partial charge in [-0.1, -0.05) is 0 Å². The summed E-state index contributed by atoms with van der Waals surface area (Å²) in [5.74, 6) is -1.89. The first-order valence-corrected chi connectivity index (χ1v) is 6.07. The first-order chi connectivity index (χ1) is 9.29. The number of thiophene rings is 1. The second kappa shape index (κ2) is 5.04. The molecule has 8 heteroatoms. The fourth-order valence-electron chi connectivity index (χ4n) is 1.50. The minimum atomic E-state index is -4.91. The van der Waals surface area contributed by atoms with E-state index in [0.717, 1.165) is 6.07 Å². The van der Waals surface area contributed by atoms with E-state index in [0.29, 0.717) is 21.8 Å². The monoisotopic (exact) mass is 301 g/mol. The molecule has 0 atom stereocenters. The molecule has 0 saturated heterocycles. The number of hydrogen-bond acceptors (Lipinski definition) is 4. The molecule has 0 bridgehead atoms. The Balaban J connectivity index is 2.29. The largest absolute Gasteiger partial charge is 0.455 e. The fourth-order valence-corrected chi connectivity index (χ4v) is 2.47. The number of non-ortho nitro benzene ring substituents is 1. The zero-order valence-electron chi connectivity index (χ0n) is 9.68. The van der Waals surface area contributed by atoms with Crippen molar-refractivity contribution in [3.05, 3.63) is 51.4 Å². The van der Waals surface area contributed by atoms with Gasteiger partial charge in [0.15, 0.2) is 0 Å². The molecule has 1 aromatic heterocycles. The van der Waals surface area contributed by atoms with Crippen LogP contribution in [0, 0.1) is 10.1 Å². The molecule has 104 valence electrons. The van der Waals surface area contributed by atoms with E-state index in [9.17, 15) is 28.1 Å². The van der Waals surface area contributed by atoms with E-state index in [-0.39, 0.29) is 5.69 Å². The summed E-state index contributed by atoms with van der Waals surface area (Å²) in [7, 11) is 0. The lowest BCUT2D eigenvalue weighted by molar-refractivity contribution is -0.384. The van der Waals surface area contributed by atoms with Crippen LogP contribution in [0.1, 0.15) is 9.67 Å². The number of carbonyl (C=O) groups is 1. The number of nitro groups is 1. The van der Waals surface area contributed by atoms with Crippen molar-refractivity contribution in [1.29, 1.82) is 0 Å². The number of ketones is 1. The molecule has 20 heavy (non-hydrogen) atoms. The van der Waals surface area contributed by atoms with Crippen molar-refractivity contribution in [2.75, 3.05) is 0 Å². The van der Waals surface area contributed by atoms with Gasteiger partial charge in [-0.15, -0.1) is 11.3 Å². The molecule has 0 aliphatic carbocycles. The zero-order valence-corrected chi connectivity index (χ0v) is 10.5. The quantitative estimate of drug-likeness (QED) is 0.488. The van der Waals surface area contributed by atoms with E-state index < -0.39 is 21.8 Å². The smallest absolute Gasteiger partial charge is 0.283 e. The number of hydrogen-bond donors (Lipinski definition) is 0. The third-order valence-electron chi connectivity index (χ3n) is 2.45. The number of rotatable bonds is 3. The zero-order chi connectivity index (χ0) is 14.9. The Morgan fingerprint density at radius 2 is 1.70 bits per heavy atom. The van der Waals surface area contributed by atoms with Gasteiger partial charge in [0.2, 0.25) is 0 Å². The number of carbonyl (C=O) groups excluding carboxylic acids is 1. The molecular weight excluding hydrogens is 295 g/mol. The Hall–Kier alpha value is -2.22. The SMILES string of the molecule is O=C(c1ccc(-c2ccc([N+](=O)[O-])cc2)s1)C(F)(F)F. The lowest BCUT2D eigenvalue weighted by atomic mass is 10.2. The van der Waals surface area contributed by atoms with Gasteiger partial charge >= 0.3 is 6.18 Å². The molecular formula is C12H6F3NO3S. The lowest BCUT2D eigenvalue weighted by Gasteiger charge is -2.01. The molecule has 1 aromatic carbocycles. The van der Waals surface area contributed by atoms with Crippen molar-refractivity contribution in [2.24, 2.45) is 0 Å². The maximum atomic E-state index is 12.3. The van der Waals surface area contributed by atoms with Crippen molar-refractivity contribution < 1.29 is 22.9 Å². The molecule has 0 aliphatic heterocycles. The van der Waals surface area contributed by atoms with Gasteiger partial charge in [-0.2, -0.15) is 13.2 Å². The maximum Gasteiger partial charge on any atom is 0.455 e. The Labute approximate surface area is 114 Å². The molecule has 2 aromatic rings. The molecule has 0 fully saturated rings. The van der Waals surface area contributed by atoms with Gasteiger partial charge in [-0.3, -0.25) is 14.9 Å². The van der Waals surface area contributed by atoms with Crippen LogP contribution in [-0.2, 0) is 0 Å². The highest BCUT2D eigenvalue weighted by Crippen LogP contribution is 2.32. The first-order valence-electron chi connectivity index (χ1n) is 5.25. The van der Waals surface area contributed by atoms with Crippen molar-refractivity contribution in [1.82, 2.24) is 0 Å². The molecule has 2 rings (SSSR count). The second-order valence-corrected chi connectivity index (χ2v) is 4.88. The number of halogens is 3. The summed E-state index contributed by atoms with van der Waals surface area (Å²) >= 11 is 0.696. The van der Waals surface area contributed by atoms with Gasteiger partial charge in [0.05, 0.1) is 9.80 Å². The standard InChI is InChI=1S/C12H6F3NO3S/c13-12(14,15)11(17)10-6-5-9(20-10)7-1-3-8(4-2-7)16(18)19/h1-6H. The molecule has 0 aliphatic rings. The summed E-state index contributed by atoms with van der Waals surface area (Å²) in [6.07, 6.45) is -4.91. The molecule has 0 spiro atoms. The summed E-state index contributed by atoms with van der Waals surface area (Å²) in [4.78, 5) is 21.0. The topological polar surface area (TPSA) is 60.2 Å². The van der Waals surface area contributed by atoms with Crippen LogP contribution in [0.3, 0.4) is 0 Å². The third kappa shape index (κ3) is 2.85. The van der Waals surface area contributed by atoms with E-state index in [1.807, 2.05) is 0 Å². The summed E-state index contributed by atoms with van der Waals surface area (Å²) in [5, 5.41) is 10.5. The number of nitrogens with zero attached hydrogens (tertiary/aromatic N) is 1. The van der Waals surface area contributed by atoms with Gasteiger partial charge in [0.25, 0.3) is 11.5 Å². The number of benzene rings is 1. The highest BCUT2D eigenvalue weighted by atomic mass is 32.1. The average molecular weight is 301 g/mol.